The van der Waals surface area contributed by atoms with Crippen LogP contribution in [0.5, 0.6) is 0 Å². The zero-order valence-corrected chi connectivity index (χ0v) is 14.1. The van der Waals surface area contributed by atoms with Crippen LogP contribution in [0.3, 0.4) is 0 Å². The van der Waals surface area contributed by atoms with Crippen LogP contribution in [0.4, 0.5) is 0 Å². The molecule has 0 spiro atoms. The van der Waals surface area contributed by atoms with E-state index in [0.29, 0.717) is 0 Å². The molecule has 0 fully saturated rings. The predicted molar refractivity (Wildman–Crippen MR) is 103 cm³/mol. The third-order valence-electron chi connectivity index (χ3n) is 4.66. The zero-order chi connectivity index (χ0) is 17.5. The molecule has 0 bridgehead atoms. The fraction of sp³-hybridized carbons (Fsp3) is 0.0476. The topological polar surface area (TPSA) is 67.3 Å². The van der Waals surface area contributed by atoms with Gasteiger partial charge >= 0.3 is 0 Å². The quantitative estimate of drug-likeness (QED) is 0.513. The van der Waals surface area contributed by atoms with Crippen LogP contribution in [-0.4, -0.2) is 24.9 Å². The molecule has 0 saturated heterocycles. The Morgan fingerprint density at radius 1 is 0.769 bits per heavy atom. The fourth-order valence-electron chi connectivity index (χ4n) is 3.29. The zero-order valence-electron chi connectivity index (χ0n) is 14.1. The van der Waals surface area contributed by atoms with Crippen molar-refractivity contribution in [2.45, 2.75) is 6.92 Å². The first-order valence-corrected chi connectivity index (χ1v) is 8.39. The minimum absolute atomic E-state index is 0.865. The van der Waals surface area contributed by atoms with Gasteiger partial charge in [-0.25, -0.2) is 4.98 Å². The van der Waals surface area contributed by atoms with Crippen LogP contribution in [0.25, 0.3) is 44.3 Å². The third-order valence-corrected chi connectivity index (χ3v) is 4.66. The average Bonchev–Trinajstić information content (AvgIpc) is 3.11. The van der Waals surface area contributed by atoms with Gasteiger partial charge in [0.2, 0.25) is 0 Å². The van der Waals surface area contributed by atoms with Crippen molar-refractivity contribution in [3.05, 3.63) is 73.1 Å². The maximum Gasteiger partial charge on any atom is 0.137 e. The molecule has 26 heavy (non-hydrogen) atoms. The van der Waals surface area contributed by atoms with Gasteiger partial charge in [-0.3, -0.25) is 15.0 Å². The van der Waals surface area contributed by atoms with Gasteiger partial charge in [0.15, 0.2) is 0 Å². The van der Waals surface area contributed by atoms with Gasteiger partial charge in [-0.1, -0.05) is 6.07 Å². The van der Waals surface area contributed by atoms with Crippen molar-refractivity contribution >= 4 is 22.1 Å². The highest BCUT2D eigenvalue weighted by Crippen LogP contribution is 2.32. The van der Waals surface area contributed by atoms with E-state index < -0.39 is 0 Å². The minimum atomic E-state index is 0.865. The van der Waals surface area contributed by atoms with Crippen molar-refractivity contribution in [1.82, 2.24) is 24.9 Å². The largest absolute Gasteiger partial charge is 0.346 e. The first-order chi connectivity index (χ1) is 12.8. The lowest BCUT2D eigenvalue weighted by Gasteiger charge is -2.06. The molecule has 0 aliphatic heterocycles. The number of benzene rings is 1. The van der Waals surface area contributed by atoms with Crippen LogP contribution < -0.4 is 0 Å². The van der Waals surface area contributed by atoms with Gasteiger partial charge in [-0.2, -0.15) is 0 Å². The van der Waals surface area contributed by atoms with Crippen molar-refractivity contribution in [3.63, 3.8) is 0 Å². The second kappa shape index (κ2) is 5.74. The summed E-state index contributed by atoms with van der Waals surface area (Å²) in [5.74, 6) is 0. The molecule has 5 rings (SSSR count). The Labute approximate surface area is 149 Å². The van der Waals surface area contributed by atoms with Crippen LogP contribution >= 0.6 is 0 Å². The van der Waals surface area contributed by atoms with Gasteiger partial charge in [0.1, 0.15) is 5.65 Å². The number of aryl methyl sites for hydroxylation is 1. The van der Waals surface area contributed by atoms with E-state index in [1.165, 1.54) is 5.56 Å². The Bertz CT molecular complexity index is 1260. The fourth-order valence-corrected chi connectivity index (χ4v) is 3.29. The van der Waals surface area contributed by atoms with Crippen molar-refractivity contribution in [2.75, 3.05) is 0 Å². The van der Waals surface area contributed by atoms with Crippen LogP contribution in [-0.2, 0) is 0 Å². The SMILES string of the molecule is Cc1ccncc1-c1cnc2[nH]cc(-c3ccc4nccnc4c3)c2c1. The van der Waals surface area contributed by atoms with E-state index >= 15 is 0 Å². The molecule has 0 saturated carbocycles. The molecule has 0 radical (unpaired) electrons. The Kier molecular flexibility index (Phi) is 3.25. The van der Waals surface area contributed by atoms with E-state index in [2.05, 4.69) is 50.0 Å². The molecule has 4 heterocycles. The van der Waals surface area contributed by atoms with Crippen LogP contribution in [0.1, 0.15) is 5.56 Å². The summed E-state index contributed by atoms with van der Waals surface area (Å²) in [5, 5.41) is 1.08. The summed E-state index contributed by atoms with van der Waals surface area (Å²) in [5.41, 5.74) is 8.16. The molecule has 0 atom stereocenters. The van der Waals surface area contributed by atoms with E-state index in [1.807, 2.05) is 36.9 Å². The molecule has 0 amide bonds. The normalized spacial score (nSPS) is 11.3. The maximum absolute atomic E-state index is 4.60. The van der Waals surface area contributed by atoms with Crippen molar-refractivity contribution in [1.29, 1.82) is 0 Å². The molecule has 0 aliphatic rings. The molecule has 1 N–H and O–H groups in total. The van der Waals surface area contributed by atoms with Crippen molar-refractivity contribution in [2.24, 2.45) is 0 Å². The summed E-state index contributed by atoms with van der Waals surface area (Å²) in [4.78, 5) is 20.9. The lowest BCUT2D eigenvalue weighted by atomic mass is 10.0. The molecule has 1 aromatic carbocycles. The molecule has 5 heteroatoms. The van der Waals surface area contributed by atoms with E-state index in [9.17, 15) is 0 Å². The number of nitrogens with zero attached hydrogens (tertiary/aromatic N) is 4. The summed E-state index contributed by atoms with van der Waals surface area (Å²) >= 11 is 0. The molecule has 4 aromatic heterocycles. The molecule has 124 valence electrons. The predicted octanol–water partition coefficient (Wildman–Crippen LogP) is 4.54. The lowest BCUT2D eigenvalue weighted by Crippen LogP contribution is -1.87. The Balaban J connectivity index is 1.70. The Morgan fingerprint density at radius 2 is 1.65 bits per heavy atom. The summed E-state index contributed by atoms with van der Waals surface area (Å²) in [6.07, 6.45) is 11.0. The number of hydrogen-bond acceptors (Lipinski definition) is 4. The number of aromatic nitrogens is 5. The molecule has 0 unspecified atom stereocenters. The van der Waals surface area contributed by atoms with E-state index in [-0.39, 0.29) is 0 Å². The van der Waals surface area contributed by atoms with Gasteiger partial charge < -0.3 is 4.98 Å². The highest BCUT2D eigenvalue weighted by molar-refractivity contribution is 5.97. The molecule has 5 nitrogen and oxygen atoms in total. The first kappa shape index (κ1) is 14.7. The smallest absolute Gasteiger partial charge is 0.137 e. The van der Waals surface area contributed by atoms with Crippen molar-refractivity contribution in [3.8, 4) is 22.3 Å². The number of rotatable bonds is 2. The number of H-pyrrole nitrogens is 1. The first-order valence-electron chi connectivity index (χ1n) is 8.39. The summed E-state index contributed by atoms with van der Waals surface area (Å²) < 4.78 is 0. The number of pyridine rings is 2. The standard InChI is InChI=1S/C21H15N5/c1-13-4-5-22-11-17(13)15-8-16-18(12-26-21(16)25-10-15)14-2-3-19-20(9-14)24-7-6-23-19/h2-12H,1H3,(H,25,26). The number of nitrogens with one attached hydrogen (secondary N) is 1. The molecule has 0 aliphatic carbocycles. The molecular weight excluding hydrogens is 322 g/mol. The monoisotopic (exact) mass is 337 g/mol. The van der Waals surface area contributed by atoms with Gasteiger partial charge in [-0.05, 0) is 42.3 Å². The van der Waals surface area contributed by atoms with Gasteiger partial charge in [-0.15, -0.1) is 0 Å². The van der Waals surface area contributed by atoms with E-state index in [1.54, 1.807) is 12.4 Å². The summed E-state index contributed by atoms with van der Waals surface area (Å²) in [6, 6.07) is 10.3. The number of hydrogen-bond donors (Lipinski definition) is 1. The van der Waals surface area contributed by atoms with Gasteiger partial charge in [0, 0.05) is 59.3 Å². The third kappa shape index (κ3) is 2.33. The van der Waals surface area contributed by atoms with Crippen LogP contribution in [0, 0.1) is 6.92 Å². The molecular formula is C21H15N5. The Hall–Kier alpha value is -3.60. The summed E-state index contributed by atoms with van der Waals surface area (Å²) in [7, 11) is 0. The van der Waals surface area contributed by atoms with Crippen LogP contribution in [0.15, 0.2) is 67.5 Å². The molecule has 5 aromatic rings. The lowest BCUT2D eigenvalue weighted by molar-refractivity contribution is 1.27. The number of aromatic amines is 1. The average molecular weight is 337 g/mol. The highest BCUT2D eigenvalue weighted by atomic mass is 14.8. The van der Waals surface area contributed by atoms with Crippen molar-refractivity contribution < 1.29 is 0 Å². The second-order valence-corrected chi connectivity index (χ2v) is 6.27. The Morgan fingerprint density at radius 3 is 2.54 bits per heavy atom. The second-order valence-electron chi connectivity index (χ2n) is 6.27. The maximum atomic E-state index is 4.60. The highest BCUT2D eigenvalue weighted by Gasteiger charge is 2.11. The van der Waals surface area contributed by atoms with E-state index in [0.717, 1.165) is 44.3 Å². The summed E-state index contributed by atoms with van der Waals surface area (Å²) in [6.45, 7) is 2.08. The van der Waals surface area contributed by atoms with Gasteiger partial charge in [0.05, 0.1) is 11.0 Å². The number of fused-ring (bicyclic) bond motifs is 2. The van der Waals surface area contributed by atoms with Gasteiger partial charge in [0.25, 0.3) is 0 Å². The van der Waals surface area contributed by atoms with Crippen LogP contribution in [0.2, 0.25) is 0 Å². The minimum Gasteiger partial charge on any atom is -0.346 e. The van der Waals surface area contributed by atoms with E-state index in [4.69, 9.17) is 0 Å².